The molecule has 1 fully saturated rings. The Morgan fingerprint density at radius 3 is 2.78 bits per heavy atom. The third-order valence-electron chi connectivity index (χ3n) is 5.91. The minimum Gasteiger partial charge on any atom is -0.497 e. The van der Waals surface area contributed by atoms with E-state index in [2.05, 4.69) is 15.1 Å². The van der Waals surface area contributed by atoms with E-state index in [0.29, 0.717) is 12.2 Å². The summed E-state index contributed by atoms with van der Waals surface area (Å²) in [5, 5.41) is 4.61. The predicted octanol–water partition coefficient (Wildman–Crippen LogP) is 4.56. The Hall–Kier alpha value is -3.87. The molecule has 162 valence electrons. The normalized spacial score (nSPS) is 15.8. The van der Waals surface area contributed by atoms with E-state index in [0.717, 1.165) is 47.1 Å². The fourth-order valence-corrected chi connectivity index (χ4v) is 4.29. The fourth-order valence-electron chi connectivity index (χ4n) is 4.29. The Labute approximate surface area is 186 Å². The number of imidazole rings is 1. The molecule has 1 aliphatic heterocycles. The smallest absolute Gasteiger partial charge is 0.274 e. The summed E-state index contributed by atoms with van der Waals surface area (Å²) in [6.45, 7) is 2.65. The largest absolute Gasteiger partial charge is 0.497 e. The van der Waals surface area contributed by atoms with Crippen LogP contribution in [0.4, 0.5) is 0 Å². The maximum atomic E-state index is 13.4. The van der Waals surface area contributed by atoms with Crippen molar-refractivity contribution in [3.63, 3.8) is 0 Å². The number of hydrogen-bond acceptors (Lipinski definition) is 4. The third-order valence-corrected chi connectivity index (χ3v) is 5.91. The lowest BCUT2D eigenvalue weighted by Gasteiger charge is -2.22. The van der Waals surface area contributed by atoms with Crippen LogP contribution in [-0.2, 0) is 0 Å². The first-order valence-corrected chi connectivity index (χ1v) is 10.8. The zero-order valence-electron chi connectivity index (χ0n) is 18.2. The van der Waals surface area contributed by atoms with Crippen molar-refractivity contribution in [2.24, 2.45) is 0 Å². The van der Waals surface area contributed by atoms with Crippen molar-refractivity contribution in [2.75, 3.05) is 13.7 Å². The maximum absolute atomic E-state index is 13.4. The summed E-state index contributed by atoms with van der Waals surface area (Å²) in [7, 11) is 1.65. The molecule has 0 bridgehead atoms. The second kappa shape index (κ2) is 8.34. The van der Waals surface area contributed by atoms with Crippen LogP contribution in [0.3, 0.4) is 0 Å². The number of amides is 1. The number of rotatable bonds is 5. The van der Waals surface area contributed by atoms with Gasteiger partial charge in [0.1, 0.15) is 11.6 Å². The quantitative estimate of drug-likeness (QED) is 0.507. The Kier molecular flexibility index (Phi) is 5.23. The van der Waals surface area contributed by atoms with Gasteiger partial charge in [0.15, 0.2) is 5.69 Å². The highest BCUT2D eigenvalue weighted by Crippen LogP contribution is 2.33. The molecule has 1 aliphatic rings. The van der Waals surface area contributed by atoms with Crippen LogP contribution >= 0.6 is 0 Å². The zero-order chi connectivity index (χ0) is 22.1. The minimum absolute atomic E-state index is 0.0652. The number of para-hydroxylation sites is 1. The van der Waals surface area contributed by atoms with Crippen LogP contribution in [-0.4, -0.2) is 44.2 Å². The molecule has 0 saturated carbocycles. The van der Waals surface area contributed by atoms with Crippen molar-refractivity contribution in [3.05, 3.63) is 84.1 Å². The summed E-state index contributed by atoms with van der Waals surface area (Å²) in [4.78, 5) is 23.3. The van der Waals surface area contributed by atoms with Crippen molar-refractivity contribution < 1.29 is 9.53 Å². The molecule has 32 heavy (non-hydrogen) atoms. The van der Waals surface area contributed by atoms with Crippen LogP contribution in [0.1, 0.15) is 40.9 Å². The van der Waals surface area contributed by atoms with E-state index in [9.17, 15) is 4.79 Å². The van der Waals surface area contributed by atoms with Crippen LogP contribution in [0.5, 0.6) is 5.75 Å². The van der Waals surface area contributed by atoms with Gasteiger partial charge in [-0.05, 0) is 50.1 Å². The highest BCUT2D eigenvalue weighted by molar-refractivity contribution is 5.93. The van der Waals surface area contributed by atoms with Gasteiger partial charge in [0, 0.05) is 17.8 Å². The van der Waals surface area contributed by atoms with E-state index < -0.39 is 0 Å². The molecular formula is C25H25N5O2. The van der Waals surface area contributed by atoms with Crippen LogP contribution in [0.15, 0.2) is 66.9 Å². The summed E-state index contributed by atoms with van der Waals surface area (Å²) < 4.78 is 7.14. The van der Waals surface area contributed by atoms with E-state index in [4.69, 9.17) is 4.74 Å². The minimum atomic E-state index is -0.0935. The number of nitrogens with zero attached hydrogens (tertiary/aromatic N) is 4. The number of carbonyl (C=O) groups is 1. The van der Waals surface area contributed by atoms with E-state index in [1.165, 1.54) is 0 Å². The molecular weight excluding hydrogens is 402 g/mol. The van der Waals surface area contributed by atoms with Gasteiger partial charge in [-0.1, -0.05) is 30.3 Å². The molecule has 4 aromatic rings. The SMILES string of the molecule is COc1cccc(-c2cnc(C3CCCN3C(=O)c3cc(C)n(-c4ccccc4)n3)[nH]2)c1. The number of methoxy groups -OCH3 is 1. The van der Waals surface area contributed by atoms with Crippen LogP contribution in [0.25, 0.3) is 16.9 Å². The topological polar surface area (TPSA) is 76.0 Å². The highest BCUT2D eigenvalue weighted by Gasteiger charge is 2.34. The Balaban J connectivity index is 1.40. The van der Waals surface area contributed by atoms with Gasteiger partial charge in [0.2, 0.25) is 0 Å². The number of nitrogens with one attached hydrogen (secondary N) is 1. The van der Waals surface area contributed by atoms with E-state index in [1.54, 1.807) is 7.11 Å². The summed E-state index contributed by atoms with van der Waals surface area (Å²) >= 11 is 0. The molecule has 7 heteroatoms. The molecule has 0 spiro atoms. The average molecular weight is 428 g/mol. The van der Waals surface area contributed by atoms with E-state index in [-0.39, 0.29) is 11.9 Å². The van der Waals surface area contributed by atoms with Gasteiger partial charge in [0.05, 0.1) is 30.7 Å². The lowest BCUT2D eigenvalue weighted by molar-refractivity contribution is 0.0724. The second-order valence-electron chi connectivity index (χ2n) is 7.99. The van der Waals surface area contributed by atoms with Gasteiger partial charge in [-0.3, -0.25) is 4.79 Å². The van der Waals surface area contributed by atoms with E-state index in [1.807, 2.05) is 83.4 Å². The first-order valence-electron chi connectivity index (χ1n) is 10.8. The summed E-state index contributed by atoms with van der Waals surface area (Å²) in [5.41, 5.74) is 4.22. The standard InChI is InChI=1S/C25H25N5O2/c1-17-14-21(28-30(17)19-9-4-3-5-10-19)25(31)29-13-7-12-23(29)24-26-16-22(27-24)18-8-6-11-20(15-18)32-2/h3-6,8-11,14-16,23H,7,12-13H2,1-2H3,(H,26,27). The molecule has 1 N–H and O–H groups in total. The van der Waals surface area contributed by atoms with Crippen LogP contribution < -0.4 is 4.74 Å². The molecule has 2 aromatic carbocycles. The molecule has 5 rings (SSSR count). The monoisotopic (exact) mass is 427 g/mol. The van der Waals surface area contributed by atoms with Gasteiger partial charge >= 0.3 is 0 Å². The van der Waals surface area contributed by atoms with Crippen molar-refractivity contribution in [3.8, 4) is 22.7 Å². The lowest BCUT2D eigenvalue weighted by atomic mass is 10.1. The fraction of sp³-hybridized carbons (Fsp3) is 0.240. The number of aromatic nitrogens is 4. The highest BCUT2D eigenvalue weighted by atomic mass is 16.5. The average Bonchev–Trinajstić information content (AvgIpc) is 3.58. The molecule has 1 saturated heterocycles. The van der Waals surface area contributed by atoms with Gasteiger partial charge in [-0.15, -0.1) is 0 Å². The molecule has 1 atom stereocenters. The number of likely N-dealkylation sites (tertiary alicyclic amines) is 1. The number of aromatic amines is 1. The van der Waals surface area contributed by atoms with Gasteiger partial charge < -0.3 is 14.6 Å². The Bertz CT molecular complexity index is 1240. The summed E-state index contributed by atoms with van der Waals surface area (Å²) in [6.07, 6.45) is 3.62. The molecule has 1 unspecified atom stereocenters. The summed E-state index contributed by atoms with van der Waals surface area (Å²) in [5.74, 6) is 1.53. The molecule has 0 aliphatic carbocycles. The first kappa shape index (κ1) is 20.1. The van der Waals surface area contributed by atoms with Gasteiger partial charge in [0.25, 0.3) is 5.91 Å². The van der Waals surface area contributed by atoms with Crippen molar-refractivity contribution in [2.45, 2.75) is 25.8 Å². The number of ether oxygens (including phenoxy) is 1. The Morgan fingerprint density at radius 2 is 1.97 bits per heavy atom. The van der Waals surface area contributed by atoms with E-state index >= 15 is 0 Å². The van der Waals surface area contributed by atoms with Crippen molar-refractivity contribution in [1.29, 1.82) is 0 Å². The Morgan fingerprint density at radius 1 is 1.12 bits per heavy atom. The number of aryl methyl sites for hydroxylation is 1. The van der Waals surface area contributed by atoms with Crippen LogP contribution in [0.2, 0.25) is 0 Å². The predicted molar refractivity (Wildman–Crippen MR) is 122 cm³/mol. The second-order valence-corrected chi connectivity index (χ2v) is 7.99. The molecule has 3 heterocycles. The van der Waals surface area contributed by atoms with Gasteiger partial charge in [-0.25, -0.2) is 9.67 Å². The molecule has 1 amide bonds. The number of benzene rings is 2. The third kappa shape index (κ3) is 3.66. The lowest BCUT2D eigenvalue weighted by Crippen LogP contribution is -2.31. The number of carbonyl (C=O) groups excluding carboxylic acids is 1. The maximum Gasteiger partial charge on any atom is 0.274 e. The number of hydrogen-bond donors (Lipinski definition) is 1. The van der Waals surface area contributed by atoms with Crippen LogP contribution in [0, 0.1) is 6.92 Å². The number of H-pyrrole nitrogens is 1. The molecule has 7 nitrogen and oxygen atoms in total. The van der Waals surface area contributed by atoms with Crippen molar-refractivity contribution in [1.82, 2.24) is 24.6 Å². The summed E-state index contributed by atoms with van der Waals surface area (Å²) in [6, 6.07) is 19.5. The first-order chi connectivity index (χ1) is 15.6. The van der Waals surface area contributed by atoms with Gasteiger partial charge in [-0.2, -0.15) is 5.10 Å². The zero-order valence-corrected chi connectivity index (χ0v) is 18.2. The molecule has 2 aromatic heterocycles. The molecule has 0 radical (unpaired) electrons. The van der Waals surface area contributed by atoms with Crippen molar-refractivity contribution >= 4 is 5.91 Å².